The van der Waals surface area contributed by atoms with Crippen LogP contribution in [-0.2, 0) is 0 Å². The average molecular weight is 278 g/mol. The summed E-state index contributed by atoms with van der Waals surface area (Å²) in [4.78, 5) is 0. The summed E-state index contributed by atoms with van der Waals surface area (Å²) in [6, 6.07) is 13.1. The van der Waals surface area contributed by atoms with Gasteiger partial charge in [-0.1, -0.05) is 42.8 Å². The van der Waals surface area contributed by atoms with Gasteiger partial charge >= 0.3 is 0 Å². The van der Waals surface area contributed by atoms with Gasteiger partial charge in [-0.2, -0.15) is 0 Å². The molecule has 2 rings (SSSR count). The lowest BCUT2D eigenvalue weighted by Crippen LogP contribution is -2.14. The molecule has 1 atom stereocenters. The van der Waals surface area contributed by atoms with Crippen molar-refractivity contribution in [2.75, 3.05) is 7.05 Å². The van der Waals surface area contributed by atoms with Crippen LogP contribution in [-0.4, -0.2) is 7.05 Å². The number of rotatable bonds is 4. The molecule has 0 aromatic heterocycles. The molecule has 0 spiro atoms. The maximum absolute atomic E-state index is 13.3. The molecule has 100 valence electrons. The van der Waals surface area contributed by atoms with Crippen LogP contribution >= 0.6 is 11.6 Å². The van der Waals surface area contributed by atoms with E-state index < -0.39 is 0 Å². The quantitative estimate of drug-likeness (QED) is 0.845. The van der Waals surface area contributed by atoms with Crippen LogP contribution in [0.5, 0.6) is 0 Å². The van der Waals surface area contributed by atoms with E-state index in [1.807, 2.05) is 19.2 Å². The van der Waals surface area contributed by atoms with Crippen LogP contribution in [0.3, 0.4) is 0 Å². The number of halogens is 2. The van der Waals surface area contributed by atoms with Gasteiger partial charge in [0.1, 0.15) is 5.82 Å². The molecule has 1 nitrogen and oxygen atoms in total. The van der Waals surface area contributed by atoms with Gasteiger partial charge in [0.05, 0.1) is 0 Å². The third-order valence-electron chi connectivity index (χ3n) is 3.27. The van der Waals surface area contributed by atoms with Gasteiger partial charge < -0.3 is 5.32 Å². The van der Waals surface area contributed by atoms with Crippen molar-refractivity contribution >= 4 is 11.6 Å². The van der Waals surface area contributed by atoms with E-state index in [4.69, 9.17) is 11.6 Å². The molecule has 1 N–H and O–H groups in total. The van der Waals surface area contributed by atoms with Gasteiger partial charge in [-0.05, 0) is 48.4 Å². The predicted molar refractivity (Wildman–Crippen MR) is 78.9 cm³/mol. The van der Waals surface area contributed by atoms with Crippen LogP contribution in [0, 0.1) is 5.82 Å². The number of hydrogen-bond acceptors (Lipinski definition) is 1. The Morgan fingerprint density at radius 2 is 1.79 bits per heavy atom. The summed E-state index contributed by atoms with van der Waals surface area (Å²) in [5.41, 5.74) is 3.00. The molecule has 3 heteroatoms. The van der Waals surface area contributed by atoms with Crippen LogP contribution in [0.15, 0.2) is 42.5 Å². The lowest BCUT2D eigenvalue weighted by atomic mass is 9.99. The van der Waals surface area contributed by atoms with Crippen molar-refractivity contribution in [1.82, 2.24) is 5.32 Å². The Bertz CT molecular complexity index is 527. The van der Waals surface area contributed by atoms with Crippen molar-refractivity contribution in [2.45, 2.75) is 19.4 Å². The molecule has 0 heterocycles. The highest BCUT2D eigenvalue weighted by molar-refractivity contribution is 6.30. The molecule has 0 aliphatic rings. The zero-order valence-corrected chi connectivity index (χ0v) is 11.8. The van der Waals surface area contributed by atoms with Gasteiger partial charge in [0.25, 0.3) is 0 Å². The lowest BCUT2D eigenvalue weighted by molar-refractivity contribution is 0.577. The van der Waals surface area contributed by atoms with Gasteiger partial charge in [0, 0.05) is 11.1 Å². The number of hydrogen-bond donors (Lipinski definition) is 1. The molecule has 19 heavy (non-hydrogen) atoms. The van der Waals surface area contributed by atoms with Gasteiger partial charge in [-0.3, -0.25) is 0 Å². The maximum Gasteiger partial charge on any atom is 0.125 e. The standard InChI is InChI=1S/C16H17ClFN/c1-3-16(19-2)12-6-4-11(5-7-12)13-8-14(17)10-15(18)9-13/h4-10,16,19H,3H2,1-2H3. The van der Waals surface area contributed by atoms with Gasteiger partial charge in [0.2, 0.25) is 0 Å². The van der Waals surface area contributed by atoms with E-state index in [0.29, 0.717) is 11.1 Å². The van der Waals surface area contributed by atoms with Crippen molar-refractivity contribution < 1.29 is 4.39 Å². The smallest absolute Gasteiger partial charge is 0.125 e. The zero-order chi connectivity index (χ0) is 13.8. The summed E-state index contributed by atoms with van der Waals surface area (Å²) in [6.07, 6.45) is 1.03. The highest BCUT2D eigenvalue weighted by Crippen LogP contribution is 2.26. The van der Waals surface area contributed by atoms with E-state index in [1.165, 1.54) is 17.7 Å². The fourth-order valence-corrected chi connectivity index (χ4v) is 2.46. The number of benzene rings is 2. The fraction of sp³-hybridized carbons (Fsp3) is 0.250. The van der Waals surface area contributed by atoms with Gasteiger partial charge in [-0.25, -0.2) is 4.39 Å². The molecule has 0 saturated heterocycles. The van der Waals surface area contributed by atoms with Crippen LogP contribution in [0.1, 0.15) is 24.9 Å². The van der Waals surface area contributed by atoms with Crippen LogP contribution in [0.2, 0.25) is 5.02 Å². The Morgan fingerprint density at radius 3 is 2.32 bits per heavy atom. The summed E-state index contributed by atoms with van der Waals surface area (Å²) in [5, 5.41) is 3.68. The minimum absolute atomic E-state index is 0.312. The lowest BCUT2D eigenvalue weighted by Gasteiger charge is -2.14. The van der Waals surface area contributed by atoms with Crippen LogP contribution in [0.25, 0.3) is 11.1 Å². The summed E-state index contributed by atoms with van der Waals surface area (Å²) in [6.45, 7) is 2.14. The molecule has 0 bridgehead atoms. The molecule has 1 unspecified atom stereocenters. The highest BCUT2D eigenvalue weighted by atomic mass is 35.5. The molecular weight excluding hydrogens is 261 g/mol. The summed E-state index contributed by atoms with van der Waals surface area (Å²) in [7, 11) is 1.95. The first-order valence-corrected chi connectivity index (χ1v) is 6.75. The Balaban J connectivity index is 2.32. The Morgan fingerprint density at radius 1 is 1.11 bits per heavy atom. The topological polar surface area (TPSA) is 12.0 Å². The molecule has 0 aliphatic carbocycles. The normalized spacial score (nSPS) is 12.4. The molecular formula is C16H17ClFN. The molecule has 2 aromatic rings. The van der Waals surface area contributed by atoms with Crippen molar-refractivity contribution in [3.63, 3.8) is 0 Å². The summed E-state index contributed by atoms with van der Waals surface area (Å²) in [5.74, 6) is -0.312. The van der Waals surface area contributed by atoms with Crippen LogP contribution in [0.4, 0.5) is 4.39 Å². The third kappa shape index (κ3) is 3.34. The minimum Gasteiger partial charge on any atom is -0.313 e. The third-order valence-corrected chi connectivity index (χ3v) is 3.48. The van der Waals surface area contributed by atoms with E-state index in [-0.39, 0.29) is 5.82 Å². The van der Waals surface area contributed by atoms with Gasteiger partial charge in [0.15, 0.2) is 0 Å². The van der Waals surface area contributed by atoms with Crippen LogP contribution < -0.4 is 5.32 Å². The molecule has 2 aromatic carbocycles. The minimum atomic E-state index is -0.312. The molecule has 0 amide bonds. The van der Waals surface area contributed by atoms with E-state index in [2.05, 4.69) is 24.4 Å². The predicted octanol–water partition coefficient (Wildman–Crippen LogP) is 4.82. The van der Waals surface area contributed by atoms with Crippen molar-refractivity contribution in [3.05, 3.63) is 58.9 Å². The second kappa shape index (κ2) is 6.18. The second-order valence-corrected chi connectivity index (χ2v) is 4.97. The Labute approximate surface area is 118 Å². The first-order valence-electron chi connectivity index (χ1n) is 6.37. The Kier molecular flexibility index (Phi) is 4.56. The first-order chi connectivity index (χ1) is 9.13. The monoisotopic (exact) mass is 277 g/mol. The van der Waals surface area contributed by atoms with E-state index in [9.17, 15) is 4.39 Å². The molecule has 0 fully saturated rings. The highest BCUT2D eigenvalue weighted by Gasteiger charge is 2.07. The van der Waals surface area contributed by atoms with Crippen molar-refractivity contribution in [3.8, 4) is 11.1 Å². The molecule has 0 aliphatic heterocycles. The fourth-order valence-electron chi connectivity index (χ4n) is 2.23. The first kappa shape index (κ1) is 14.0. The Hall–Kier alpha value is -1.38. The summed E-state index contributed by atoms with van der Waals surface area (Å²) < 4.78 is 13.3. The van der Waals surface area contributed by atoms with Crippen molar-refractivity contribution in [1.29, 1.82) is 0 Å². The summed E-state index contributed by atoms with van der Waals surface area (Å²) >= 11 is 5.88. The molecule has 0 saturated carbocycles. The zero-order valence-electron chi connectivity index (χ0n) is 11.1. The van der Waals surface area contributed by atoms with E-state index in [1.54, 1.807) is 6.07 Å². The van der Waals surface area contributed by atoms with E-state index in [0.717, 1.165) is 17.5 Å². The SMILES string of the molecule is CCC(NC)c1ccc(-c2cc(F)cc(Cl)c2)cc1. The van der Waals surface area contributed by atoms with E-state index >= 15 is 0 Å². The second-order valence-electron chi connectivity index (χ2n) is 4.53. The van der Waals surface area contributed by atoms with Crippen molar-refractivity contribution in [2.24, 2.45) is 0 Å². The largest absolute Gasteiger partial charge is 0.313 e. The molecule has 0 radical (unpaired) electrons. The maximum atomic E-state index is 13.3. The van der Waals surface area contributed by atoms with Gasteiger partial charge in [-0.15, -0.1) is 0 Å². The average Bonchev–Trinajstić information content (AvgIpc) is 2.40. The number of nitrogens with one attached hydrogen (secondary N) is 1.